The zero-order valence-electron chi connectivity index (χ0n) is 13.7. The molecular weight excluding hydrogens is 347 g/mol. The molecule has 0 aliphatic heterocycles. The van der Waals surface area contributed by atoms with Gasteiger partial charge in [0.15, 0.2) is 5.76 Å². The lowest BCUT2D eigenvalue weighted by Gasteiger charge is -2.08. The van der Waals surface area contributed by atoms with Crippen molar-refractivity contribution in [1.82, 2.24) is 5.32 Å². The number of carbonyl (C=O) groups is 1. The van der Waals surface area contributed by atoms with Crippen molar-refractivity contribution < 1.29 is 27.1 Å². The third-order valence-electron chi connectivity index (χ3n) is 3.66. The van der Waals surface area contributed by atoms with Gasteiger partial charge in [-0.2, -0.15) is 13.2 Å². The number of ether oxygens (including phenoxy) is 1. The van der Waals surface area contributed by atoms with Crippen LogP contribution in [0.1, 0.15) is 21.7 Å². The Bertz CT molecular complexity index is 852. The summed E-state index contributed by atoms with van der Waals surface area (Å²) in [6.07, 6.45) is -4.33. The Kier molecular flexibility index (Phi) is 5.27. The van der Waals surface area contributed by atoms with E-state index in [2.05, 4.69) is 10.1 Å². The van der Waals surface area contributed by atoms with E-state index in [9.17, 15) is 18.0 Å². The molecule has 0 fully saturated rings. The van der Waals surface area contributed by atoms with Crippen molar-refractivity contribution in [1.29, 1.82) is 0 Å². The molecule has 0 saturated heterocycles. The predicted octanol–water partition coefficient (Wildman–Crippen LogP) is 4.44. The SMILES string of the molecule is O=C(NCc1ccc(COCC(F)(F)F)cc1)c1cc2ccccc2o1. The molecule has 2 aromatic carbocycles. The Morgan fingerprint density at radius 1 is 1.04 bits per heavy atom. The van der Waals surface area contributed by atoms with Gasteiger partial charge < -0.3 is 14.5 Å². The summed E-state index contributed by atoms with van der Waals surface area (Å²) in [5, 5.41) is 3.59. The summed E-state index contributed by atoms with van der Waals surface area (Å²) in [6.45, 7) is -1.12. The fourth-order valence-corrected chi connectivity index (χ4v) is 2.40. The average Bonchev–Trinajstić information content (AvgIpc) is 3.04. The number of carbonyl (C=O) groups excluding carboxylic acids is 1. The normalized spacial score (nSPS) is 11.7. The van der Waals surface area contributed by atoms with Crippen molar-refractivity contribution in [3.8, 4) is 0 Å². The fraction of sp³-hybridized carbons (Fsp3) is 0.211. The van der Waals surface area contributed by atoms with Crippen molar-refractivity contribution in [3.05, 3.63) is 71.5 Å². The number of hydrogen-bond acceptors (Lipinski definition) is 3. The molecule has 7 heteroatoms. The van der Waals surface area contributed by atoms with Gasteiger partial charge in [-0.3, -0.25) is 4.79 Å². The molecule has 26 heavy (non-hydrogen) atoms. The lowest BCUT2D eigenvalue weighted by molar-refractivity contribution is -0.176. The number of benzene rings is 2. The highest BCUT2D eigenvalue weighted by Crippen LogP contribution is 2.19. The van der Waals surface area contributed by atoms with E-state index in [4.69, 9.17) is 4.42 Å². The third kappa shape index (κ3) is 4.86. The standard InChI is InChI=1S/C19H16F3NO3/c20-19(21,22)12-25-11-14-7-5-13(6-8-14)10-23-18(24)17-9-15-3-1-2-4-16(15)26-17/h1-9H,10-12H2,(H,23,24). The first-order chi connectivity index (χ1) is 12.4. The molecule has 3 aromatic rings. The van der Waals surface area contributed by atoms with Crippen molar-refractivity contribution in [3.63, 3.8) is 0 Å². The topological polar surface area (TPSA) is 51.5 Å². The van der Waals surface area contributed by atoms with Crippen molar-refractivity contribution in [2.24, 2.45) is 0 Å². The summed E-state index contributed by atoms with van der Waals surface area (Å²) >= 11 is 0. The van der Waals surface area contributed by atoms with Crippen LogP contribution in [0.15, 0.2) is 59.0 Å². The molecule has 1 N–H and O–H groups in total. The average molecular weight is 363 g/mol. The van der Waals surface area contributed by atoms with Crippen LogP contribution in [0.3, 0.4) is 0 Å². The summed E-state index contributed by atoms with van der Waals surface area (Å²) in [6, 6.07) is 15.8. The highest BCUT2D eigenvalue weighted by molar-refractivity contribution is 5.95. The van der Waals surface area contributed by atoms with Crippen LogP contribution in [-0.2, 0) is 17.9 Å². The molecule has 0 unspecified atom stereocenters. The van der Waals surface area contributed by atoms with E-state index in [0.29, 0.717) is 11.1 Å². The highest BCUT2D eigenvalue weighted by Gasteiger charge is 2.27. The predicted molar refractivity (Wildman–Crippen MR) is 89.5 cm³/mol. The van der Waals surface area contributed by atoms with E-state index in [1.807, 2.05) is 18.2 Å². The van der Waals surface area contributed by atoms with Gasteiger partial charge in [0, 0.05) is 11.9 Å². The van der Waals surface area contributed by atoms with Crippen molar-refractivity contribution in [2.45, 2.75) is 19.3 Å². The van der Waals surface area contributed by atoms with E-state index in [1.165, 1.54) is 0 Å². The van der Waals surface area contributed by atoms with Gasteiger partial charge in [0.1, 0.15) is 12.2 Å². The van der Waals surface area contributed by atoms with Gasteiger partial charge in [-0.1, -0.05) is 42.5 Å². The van der Waals surface area contributed by atoms with Gasteiger partial charge in [-0.25, -0.2) is 0 Å². The smallest absolute Gasteiger partial charge is 0.411 e. The molecule has 3 rings (SSSR count). The molecule has 4 nitrogen and oxygen atoms in total. The summed E-state index contributed by atoms with van der Waals surface area (Å²) in [4.78, 5) is 12.2. The van der Waals surface area contributed by atoms with E-state index in [1.54, 1.807) is 36.4 Å². The number of hydrogen-bond donors (Lipinski definition) is 1. The van der Waals surface area contributed by atoms with Gasteiger partial charge >= 0.3 is 6.18 Å². The van der Waals surface area contributed by atoms with Crippen LogP contribution in [0.4, 0.5) is 13.2 Å². The van der Waals surface area contributed by atoms with Crippen LogP contribution >= 0.6 is 0 Å². The van der Waals surface area contributed by atoms with Gasteiger partial charge in [0.25, 0.3) is 5.91 Å². The van der Waals surface area contributed by atoms with Crippen LogP contribution in [0.5, 0.6) is 0 Å². The maximum absolute atomic E-state index is 12.2. The molecular formula is C19H16F3NO3. The first-order valence-corrected chi connectivity index (χ1v) is 7.90. The van der Waals surface area contributed by atoms with E-state index < -0.39 is 12.8 Å². The molecule has 0 aliphatic carbocycles. The number of rotatable bonds is 6. The minimum Gasteiger partial charge on any atom is -0.451 e. The molecule has 1 aromatic heterocycles. The van der Waals surface area contributed by atoms with Crippen LogP contribution in [0.2, 0.25) is 0 Å². The summed E-state index contributed by atoms with van der Waals surface area (Å²) in [5.74, 6) is -0.109. The monoisotopic (exact) mass is 363 g/mol. The lowest BCUT2D eigenvalue weighted by Crippen LogP contribution is -2.22. The number of para-hydroxylation sites is 1. The molecule has 1 heterocycles. The molecule has 0 atom stereocenters. The number of nitrogens with one attached hydrogen (secondary N) is 1. The van der Waals surface area contributed by atoms with Crippen LogP contribution in [-0.4, -0.2) is 18.7 Å². The number of furan rings is 1. The Morgan fingerprint density at radius 3 is 2.42 bits per heavy atom. The number of alkyl halides is 3. The number of amides is 1. The van der Waals surface area contributed by atoms with Gasteiger partial charge in [0.05, 0.1) is 6.61 Å². The van der Waals surface area contributed by atoms with Crippen LogP contribution in [0, 0.1) is 0 Å². The molecule has 0 bridgehead atoms. The van der Waals surface area contributed by atoms with Crippen molar-refractivity contribution in [2.75, 3.05) is 6.61 Å². The van der Waals surface area contributed by atoms with E-state index in [0.717, 1.165) is 10.9 Å². The number of halogens is 3. The first kappa shape index (κ1) is 18.0. The van der Waals surface area contributed by atoms with Crippen LogP contribution < -0.4 is 5.32 Å². The molecule has 1 amide bonds. The Morgan fingerprint density at radius 2 is 1.73 bits per heavy atom. The molecule has 0 aliphatic rings. The maximum atomic E-state index is 12.2. The van der Waals surface area contributed by atoms with Gasteiger partial charge in [0.2, 0.25) is 0 Å². The van der Waals surface area contributed by atoms with Crippen molar-refractivity contribution >= 4 is 16.9 Å². The zero-order chi connectivity index (χ0) is 18.6. The molecule has 0 saturated carbocycles. The fourth-order valence-electron chi connectivity index (χ4n) is 2.40. The molecule has 0 radical (unpaired) electrons. The summed E-state index contributed by atoms with van der Waals surface area (Å²) < 4.78 is 46.2. The largest absolute Gasteiger partial charge is 0.451 e. The van der Waals surface area contributed by atoms with E-state index in [-0.39, 0.29) is 24.8 Å². The van der Waals surface area contributed by atoms with Gasteiger partial charge in [-0.05, 0) is 23.3 Å². The van der Waals surface area contributed by atoms with Gasteiger partial charge in [-0.15, -0.1) is 0 Å². The van der Waals surface area contributed by atoms with E-state index >= 15 is 0 Å². The highest BCUT2D eigenvalue weighted by atomic mass is 19.4. The second-order valence-corrected chi connectivity index (χ2v) is 5.76. The second kappa shape index (κ2) is 7.61. The second-order valence-electron chi connectivity index (χ2n) is 5.76. The Hall–Kier alpha value is -2.80. The Balaban J connectivity index is 1.52. The Labute approximate surface area is 147 Å². The summed E-state index contributed by atoms with van der Waals surface area (Å²) in [7, 11) is 0. The molecule has 136 valence electrons. The minimum atomic E-state index is -4.33. The lowest BCUT2D eigenvalue weighted by atomic mass is 10.1. The quantitative estimate of drug-likeness (QED) is 0.704. The third-order valence-corrected chi connectivity index (χ3v) is 3.66. The number of fused-ring (bicyclic) bond motifs is 1. The zero-order valence-corrected chi connectivity index (χ0v) is 13.7. The molecule has 0 spiro atoms. The maximum Gasteiger partial charge on any atom is 0.411 e. The first-order valence-electron chi connectivity index (χ1n) is 7.90. The van der Waals surface area contributed by atoms with Crippen LogP contribution in [0.25, 0.3) is 11.0 Å². The minimum absolute atomic E-state index is 0.120. The summed E-state index contributed by atoms with van der Waals surface area (Å²) in [5.41, 5.74) is 2.08.